The van der Waals surface area contributed by atoms with Crippen LogP contribution in [-0.4, -0.2) is 48.8 Å². The molecule has 0 unspecified atom stereocenters. The molecular weight excluding hydrogens is 284 g/mol. The Labute approximate surface area is 114 Å². The van der Waals surface area contributed by atoms with Crippen LogP contribution in [0.2, 0.25) is 0 Å². The number of hydrogen-bond donors (Lipinski definition) is 0. The number of nitrogens with zero attached hydrogens (tertiary/aromatic N) is 2. The normalized spacial score (nSPS) is 18.2. The number of para-hydroxylation sites is 1. The molecule has 2 heterocycles. The lowest BCUT2D eigenvalue weighted by molar-refractivity contribution is 0.0752. The van der Waals surface area contributed by atoms with Gasteiger partial charge in [0, 0.05) is 7.05 Å². The second kappa shape index (κ2) is 4.28. The van der Waals surface area contributed by atoms with E-state index in [0.717, 1.165) is 4.70 Å². The first kappa shape index (κ1) is 12.6. The van der Waals surface area contributed by atoms with E-state index in [-0.39, 0.29) is 23.5 Å². The average Bonchev–Trinajstić information content (AvgIpc) is 2.82. The molecule has 0 aliphatic carbocycles. The van der Waals surface area contributed by atoms with Gasteiger partial charge in [0.1, 0.15) is 0 Å². The van der Waals surface area contributed by atoms with Crippen LogP contribution in [0.3, 0.4) is 0 Å². The van der Waals surface area contributed by atoms with Crippen LogP contribution in [0.1, 0.15) is 10.4 Å². The van der Waals surface area contributed by atoms with Crippen molar-refractivity contribution in [3.8, 4) is 0 Å². The summed E-state index contributed by atoms with van der Waals surface area (Å²) in [4.78, 5) is 18.1. The molecule has 7 heteroatoms. The topological polar surface area (TPSA) is 67.3 Å². The van der Waals surface area contributed by atoms with Crippen molar-refractivity contribution in [1.29, 1.82) is 0 Å². The van der Waals surface area contributed by atoms with Gasteiger partial charge < -0.3 is 4.90 Å². The maximum absolute atomic E-state index is 12.4. The van der Waals surface area contributed by atoms with Gasteiger partial charge in [-0.1, -0.05) is 6.07 Å². The predicted molar refractivity (Wildman–Crippen MR) is 74.2 cm³/mol. The Morgan fingerprint density at radius 2 is 2.16 bits per heavy atom. The summed E-state index contributed by atoms with van der Waals surface area (Å²) in [6, 6.07) is 5.25. The van der Waals surface area contributed by atoms with E-state index < -0.39 is 9.84 Å². The van der Waals surface area contributed by atoms with E-state index in [2.05, 4.69) is 4.98 Å². The predicted octanol–water partition coefficient (Wildman–Crippen LogP) is 1.17. The smallest absolute Gasteiger partial charge is 0.256 e. The van der Waals surface area contributed by atoms with Crippen molar-refractivity contribution < 1.29 is 13.2 Å². The first-order valence-corrected chi connectivity index (χ1v) is 8.48. The Kier molecular flexibility index (Phi) is 2.83. The van der Waals surface area contributed by atoms with Crippen molar-refractivity contribution in [2.75, 3.05) is 18.6 Å². The van der Waals surface area contributed by atoms with Crippen LogP contribution in [-0.2, 0) is 9.84 Å². The fraction of sp³-hybridized carbons (Fsp3) is 0.333. The summed E-state index contributed by atoms with van der Waals surface area (Å²) in [5.41, 5.74) is 2.92. The van der Waals surface area contributed by atoms with Crippen LogP contribution in [0.15, 0.2) is 23.7 Å². The Morgan fingerprint density at radius 3 is 2.84 bits per heavy atom. The molecule has 1 saturated heterocycles. The summed E-state index contributed by atoms with van der Waals surface area (Å²) in [5.74, 6) is -0.0544. The third kappa shape index (κ3) is 2.12. The van der Waals surface area contributed by atoms with Crippen LogP contribution in [0, 0.1) is 0 Å². The Hall–Kier alpha value is -1.47. The molecular formula is C12H12N2O3S2. The molecule has 1 amide bonds. The van der Waals surface area contributed by atoms with Crippen molar-refractivity contribution in [3.05, 3.63) is 29.3 Å². The molecule has 1 aromatic carbocycles. The summed E-state index contributed by atoms with van der Waals surface area (Å²) in [6.07, 6.45) is 0. The number of benzene rings is 1. The van der Waals surface area contributed by atoms with Crippen LogP contribution >= 0.6 is 11.3 Å². The van der Waals surface area contributed by atoms with Gasteiger partial charge in [-0.05, 0) is 12.1 Å². The Bertz CT molecular complexity index is 739. The van der Waals surface area contributed by atoms with Crippen LogP contribution in [0.4, 0.5) is 0 Å². The number of amides is 1. The summed E-state index contributed by atoms with van der Waals surface area (Å²) in [7, 11) is -1.28. The number of thiazole rings is 1. The third-order valence-electron chi connectivity index (χ3n) is 3.35. The second-order valence-electron chi connectivity index (χ2n) is 4.65. The van der Waals surface area contributed by atoms with Gasteiger partial charge >= 0.3 is 0 Å². The molecule has 1 fully saturated rings. The molecule has 1 aromatic heterocycles. The Morgan fingerprint density at radius 1 is 1.42 bits per heavy atom. The highest BCUT2D eigenvalue weighted by molar-refractivity contribution is 7.92. The third-order valence-corrected chi connectivity index (χ3v) is 5.93. The highest BCUT2D eigenvalue weighted by atomic mass is 32.2. The quantitative estimate of drug-likeness (QED) is 0.834. The lowest BCUT2D eigenvalue weighted by Crippen LogP contribution is -2.53. The van der Waals surface area contributed by atoms with Gasteiger partial charge in [0.2, 0.25) is 0 Å². The van der Waals surface area contributed by atoms with E-state index in [9.17, 15) is 13.2 Å². The van der Waals surface area contributed by atoms with E-state index in [1.165, 1.54) is 16.2 Å². The van der Waals surface area contributed by atoms with Gasteiger partial charge in [0.05, 0.1) is 38.8 Å². The fourth-order valence-electron chi connectivity index (χ4n) is 2.18. The van der Waals surface area contributed by atoms with Crippen molar-refractivity contribution in [2.45, 2.75) is 6.04 Å². The summed E-state index contributed by atoms with van der Waals surface area (Å²) < 4.78 is 23.3. The van der Waals surface area contributed by atoms with Crippen molar-refractivity contribution >= 4 is 37.3 Å². The maximum Gasteiger partial charge on any atom is 0.256 e. The van der Waals surface area contributed by atoms with E-state index >= 15 is 0 Å². The fourth-order valence-corrected chi connectivity index (χ4v) is 4.40. The molecule has 19 heavy (non-hydrogen) atoms. The molecule has 3 rings (SSSR count). The molecule has 0 radical (unpaired) electrons. The van der Waals surface area contributed by atoms with Crippen molar-refractivity contribution in [3.63, 3.8) is 0 Å². The molecule has 2 aromatic rings. The van der Waals surface area contributed by atoms with Gasteiger partial charge in [-0.15, -0.1) is 11.3 Å². The largest absolute Gasteiger partial charge is 0.337 e. The van der Waals surface area contributed by atoms with Crippen LogP contribution in [0.25, 0.3) is 10.2 Å². The molecule has 0 N–H and O–H groups in total. The molecule has 100 valence electrons. The molecule has 1 aliphatic heterocycles. The Balaban J connectivity index is 1.90. The summed E-state index contributed by atoms with van der Waals surface area (Å²) in [5, 5.41) is 0. The highest BCUT2D eigenvalue weighted by Crippen LogP contribution is 2.24. The summed E-state index contributed by atoms with van der Waals surface area (Å²) >= 11 is 1.48. The molecule has 0 atom stereocenters. The zero-order valence-corrected chi connectivity index (χ0v) is 11.9. The highest BCUT2D eigenvalue weighted by Gasteiger charge is 2.38. The SMILES string of the molecule is CN(C(=O)c1cccc2scnc12)C1CS(=O)(=O)C1. The van der Waals surface area contributed by atoms with Gasteiger partial charge in [-0.3, -0.25) is 4.79 Å². The monoisotopic (exact) mass is 296 g/mol. The van der Waals surface area contributed by atoms with E-state index in [1.54, 1.807) is 18.6 Å². The molecule has 0 spiro atoms. The van der Waals surface area contributed by atoms with Crippen LogP contribution < -0.4 is 0 Å². The molecule has 0 bridgehead atoms. The van der Waals surface area contributed by atoms with E-state index in [0.29, 0.717) is 11.1 Å². The molecule has 0 saturated carbocycles. The van der Waals surface area contributed by atoms with E-state index in [1.807, 2.05) is 12.1 Å². The molecule has 1 aliphatic rings. The minimum Gasteiger partial charge on any atom is -0.337 e. The zero-order chi connectivity index (χ0) is 13.6. The number of rotatable bonds is 2. The minimum absolute atomic E-state index is 0.0578. The van der Waals surface area contributed by atoms with Gasteiger partial charge in [0.15, 0.2) is 9.84 Å². The number of hydrogen-bond acceptors (Lipinski definition) is 5. The van der Waals surface area contributed by atoms with Crippen molar-refractivity contribution in [2.24, 2.45) is 0 Å². The average molecular weight is 296 g/mol. The minimum atomic E-state index is -2.93. The number of fused-ring (bicyclic) bond motifs is 1. The molecule has 5 nitrogen and oxygen atoms in total. The van der Waals surface area contributed by atoms with E-state index in [4.69, 9.17) is 0 Å². The number of sulfone groups is 1. The second-order valence-corrected chi connectivity index (χ2v) is 7.69. The van der Waals surface area contributed by atoms with Gasteiger partial charge in [-0.25, -0.2) is 13.4 Å². The van der Waals surface area contributed by atoms with Crippen molar-refractivity contribution in [1.82, 2.24) is 9.88 Å². The van der Waals surface area contributed by atoms with Gasteiger partial charge in [-0.2, -0.15) is 0 Å². The number of aromatic nitrogens is 1. The zero-order valence-electron chi connectivity index (χ0n) is 10.2. The lowest BCUT2D eigenvalue weighted by atomic mass is 10.1. The van der Waals surface area contributed by atoms with Crippen LogP contribution in [0.5, 0.6) is 0 Å². The lowest BCUT2D eigenvalue weighted by Gasteiger charge is -2.34. The number of carbonyl (C=O) groups is 1. The summed E-state index contributed by atoms with van der Waals surface area (Å²) in [6.45, 7) is 0. The first-order chi connectivity index (χ1) is 8.98. The first-order valence-electron chi connectivity index (χ1n) is 5.78. The maximum atomic E-state index is 12.4. The standard InChI is InChI=1S/C12H12N2O3S2/c1-14(8-5-19(16,17)6-8)12(15)9-3-2-4-10-11(9)13-7-18-10/h2-4,7-8H,5-6H2,1H3. The van der Waals surface area contributed by atoms with Gasteiger partial charge in [0.25, 0.3) is 5.91 Å². The number of carbonyl (C=O) groups excluding carboxylic acids is 1.